The fourth-order valence-electron chi connectivity index (χ4n) is 1.25. The molecular formula is C9H6Cl2O4. The van der Waals surface area contributed by atoms with Crippen LogP contribution < -0.4 is 0 Å². The fraction of sp³-hybridized carbons (Fsp3) is 0.222. The number of hydrogen-bond acceptors (Lipinski definition) is 3. The van der Waals surface area contributed by atoms with Crippen molar-refractivity contribution in [3.05, 3.63) is 23.8 Å². The molecule has 0 saturated heterocycles. The SMILES string of the molecule is O=C(Cl)C1=CC=CC(C(=O)O)(C(=O)Cl)C1. The molecule has 0 bridgehead atoms. The highest BCUT2D eigenvalue weighted by atomic mass is 35.5. The summed E-state index contributed by atoms with van der Waals surface area (Å²) in [7, 11) is 0. The van der Waals surface area contributed by atoms with Gasteiger partial charge in [0, 0.05) is 12.0 Å². The van der Waals surface area contributed by atoms with Gasteiger partial charge in [-0.05, 0) is 23.2 Å². The Kier molecular flexibility index (Phi) is 3.31. The lowest BCUT2D eigenvalue weighted by Gasteiger charge is -2.24. The summed E-state index contributed by atoms with van der Waals surface area (Å²) in [6.07, 6.45) is 3.47. The van der Waals surface area contributed by atoms with Crippen molar-refractivity contribution in [3.63, 3.8) is 0 Å². The van der Waals surface area contributed by atoms with Gasteiger partial charge in [0.2, 0.25) is 10.5 Å². The molecule has 80 valence electrons. The molecule has 0 spiro atoms. The van der Waals surface area contributed by atoms with Crippen molar-refractivity contribution >= 4 is 39.7 Å². The summed E-state index contributed by atoms with van der Waals surface area (Å²) < 4.78 is 0. The molecule has 0 radical (unpaired) electrons. The standard InChI is InChI=1S/C9H6Cl2O4/c10-6(12)5-2-1-3-9(4-5,7(11)13)8(14)15/h1-3H,4H2,(H,14,15). The third-order valence-corrected chi connectivity index (χ3v) is 2.71. The minimum Gasteiger partial charge on any atom is -0.480 e. The zero-order chi connectivity index (χ0) is 11.6. The topological polar surface area (TPSA) is 71.4 Å². The minimum absolute atomic E-state index is 0.0515. The Bertz CT molecular complexity index is 381. The van der Waals surface area contributed by atoms with Gasteiger partial charge in [0.15, 0.2) is 5.41 Å². The molecule has 0 amide bonds. The molecule has 0 heterocycles. The molecule has 0 fully saturated rings. The Labute approximate surface area is 95.2 Å². The number of carboxylic acids is 1. The van der Waals surface area contributed by atoms with Crippen LogP contribution in [0.1, 0.15) is 6.42 Å². The van der Waals surface area contributed by atoms with Crippen LogP contribution in [0, 0.1) is 5.41 Å². The Morgan fingerprint density at radius 2 is 1.93 bits per heavy atom. The molecular weight excluding hydrogens is 243 g/mol. The lowest BCUT2D eigenvalue weighted by Crippen LogP contribution is -2.37. The number of hydrogen-bond donors (Lipinski definition) is 1. The zero-order valence-electron chi connectivity index (χ0n) is 7.37. The first kappa shape index (κ1) is 11.9. The summed E-state index contributed by atoms with van der Waals surface area (Å²) in [5.74, 6) is -1.40. The van der Waals surface area contributed by atoms with Crippen LogP contribution in [-0.4, -0.2) is 21.6 Å². The average Bonchev–Trinajstić information content (AvgIpc) is 2.17. The van der Waals surface area contributed by atoms with Gasteiger partial charge in [-0.1, -0.05) is 18.2 Å². The third-order valence-electron chi connectivity index (χ3n) is 2.13. The zero-order valence-corrected chi connectivity index (χ0v) is 8.88. The number of halogens is 2. The number of rotatable bonds is 3. The summed E-state index contributed by atoms with van der Waals surface area (Å²) in [5.41, 5.74) is -1.83. The van der Waals surface area contributed by atoms with Gasteiger partial charge in [0.25, 0.3) is 0 Å². The largest absolute Gasteiger partial charge is 0.480 e. The molecule has 1 rings (SSSR count). The first-order chi connectivity index (χ1) is 6.90. The third kappa shape index (κ3) is 2.11. The van der Waals surface area contributed by atoms with Gasteiger partial charge >= 0.3 is 5.97 Å². The second kappa shape index (κ2) is 4.16. The van der Waals surface area contributed by atoms with Crippen molar-refractivity contribution in [3.8, 4) is 0 Å². The molecule has 1 atom stereocenters. The van der Waals surface area contributed by atoms with Gasteiger partial charge in [-0.3, -0.25) is 14.4 Å². The lowest BCUT2D eigenvalue weighted by molar-refractivity contribution is -0.149. The lowest BCUT2D eigenvalue weighted by atomic mass is 9.79. The highest BCUT2D eigenvalue weighted by molar-refractivity contribution is 6.68. The van der Waals surface area contributed by atoms with E-state index in [9.17, 15) is 14.4 Å². The summed E-state index contributed by atoms with van der Waals surface area (Å²) in [6.45, 7) is 0. The Morgan fingerprint density at radius 1 is 1.33 bits per heavy atom. The molecule has 0 aromatic heterocycles. The van der Waals surface area contributed by atoms with E-state index < -0.39 is 21.9 Å². The van der Waals surface area contributed by atoms with E-state index in [1.54, 1.807) is 0 Å². The molecule has 0 aliphatic heterocycles. The van der Waals surface area contributed by atoms with Crippen LogP contribution in [0.5, 0.6) is 0 Å². The Hall–Kier alpha value is -1.13. The van der Waals surface area contributed by atoms with Gasteiger partial charge in [-0.25, -0.2) is 0 Å². The van der Waals surface area contributed by atoms with Crippen molar-refractivity contribution in [1.82, 2.24) is 0 Å². The Balaban J connectivity index is 3.14. The number of carbonyl (C=O) groups excluding carboxylic acids is 2. The van der Waals surface area contributed by atoms with Crippen LogP contribution in [0.4, 0.5) is 0 Å². The summed E-state index contributed by atoms with van der Waals surface area (Å²) >= 11 is 10.4. The fourth-order valence-corrected chi connectivity index (χ4v) is 1.59. The molecule has 1 N–H and O–H groups in total. The predicted octanol–water partition coefficient (Wildman–Crippen LogP) is 1.47. The van der Waals surface area contributed by atoms with Crippen molar-refractivity contribution in [2.75, 3.05) is 0 Å². The smallest absolute Gasteiger partial charge is 0.322 e. The van der Waals surface area contributed by atoms with Gasteiger partial charge in [-0.15, -0.1) is 0 Å². The van der Waals surface area contributed by atoms with Gasteiger partial charge < -0.3 is 5.11 Å². The normalized spacial score (nSPS) is 24.5. The van der Waals surface area contributed by atoms with Crippen LogP contribution in [0.3, 0.4) is 0 Å². The van der Waals surface area contributed by atoms with E-state index in [2.05, 4.69) is 0 Å². The molecule has 0 aromatic rings. The molecule has 6 heteroatoms. The first-order valence-electron chi connectivity index (χ1n) is 3.92. The van der Waals surface area contributed by atoms with Crippen molar-refractivity contribution in [1.29, 1.82) is 0 Å². The Morgan fingerprint density at radius 3 is 2.33 bits per heavy atom. The van der Waals surface area contributed by atoms with E-state index in [4.69, 9.17) is 28.3 Å². The quantitative estimate of drug-likeness (QED) is 0.607. The van der Waals surface area contributed by atoms with Gasteiger partial charge in [-0.2, -0.15) is 0 Å². The average molecular weight is 249 g/mol. The summed E-state index contributed by atoms with van der Waals surface area (Å²) in [6, 6.07) is 0. The summed E-state index contributed by atoms with van der Waals surface area (Å²) in [5, 5.41) is 7.09. The molecule has 15 heavy (non-hydrogen) atoms. The maximum atomic E-state index is 11.1. The first-order valence-corrected chi connectivity index (χ1v) is 4.67. The maximum Gasteiger partial charge on any atom is 0.322 e. The van der Waals surface area contributed by atoms with Crippen LogP contribution in [0.15, 0.2) is 23.8 Å². The van der Waals surface area contributed by atoms with E-state index in [0.29, 0.717) is 0 Å². The minimum atomic E-state index is -1.88. The maximum absolute atomic E-state index is 11.1. The number of allylic oxidation sites excluding steroid dienone is 3. The molecule has 1 aliphatic carbocycles. The van der Waals surface area contributed by atoms with Crippen LogP contribution in [-0.2, 0) is 14.4 Å². The molecule has 1 unspecified atom stereocenters. The van der Waals surface area contributed by atoms with Gasteiger partial charge in [0.05, 0.1) is 0 Å². The molecule has 0 aromatic carbocycles. The van der Waals surface area contributed by atoms with Crippen LogP contribution in [0.2, 0.25) is 0 Å². The second-order valence-electron chi connectivity index (χ2n) is 3.05. The molecule has 0 saturated carbocycles. The summed E-state index contributed by atoms with van der Waals surface area (Å²) in [4.78, 5) is 32.9. The highest BCUT2D eigenvalue weighted by Gasteiger charge is 2.45. The van der Waals surface area contributed by atoms with E-state index in [-0.39, 0.29) is 12.0 Å². The van der Waals surface area contributed by atoms with E-state index in [0.717, 1.165) is 6.08 Å². The number of carbonyl (C=O) groups is 3. The number of carboxylic acid groups (broad SMARTS) is 1. The number of aliphatic carboxylic acids is 1. The highest BCUT2D eigenvalue weighted by Crippen LogP contribution is 2.35. The van der Waals surface area contributed by atoms with E-state index in [1.807, 2.05) is 0 Å². The van der Waals surface area contributed by atoms with E-state index >= 15 is 0 Å². The van der Waals surface area contributed by atoms with Crippen molar-refractivity contribution < 1.29 is 19.5 Å². The van der Waals surface area contributed by atoms with Crippen molar-refractivity contribution in [2.24, 2.45) is 5.41 Å². The van der Waals surface area contributed by atoms with Gasteiger partial charge in [0.1, 0.15) is 0 Å². The van der Waals surface area contributed by atoms with Crippen LogP contribution in [0.25, 0.3) is 0 Å². The van der Waals surface area contributed by atoms with Crippen molar-refractivity contribution in [2.45, 2.75) is 6.42 Å². The second-order valence-corrected chi connectivity index (χ2v) is 3.74. The van der Waals surface area contributed by atoms with Crippen LogP contribution >= 0.6 is 23.2 Å². The van der Waals surface area contributed by atoms with E-state index in [1.165, 1.54) is 12.2 Å². The predicted molar refractivity (Wildman–Crippen MR) is 53.6 cm³/mol. The molecule has 1 aliphatic rings. The molecule has 4 nitrogen and oxygen atoms in total. The monoisotopic (exact) mass is 248 g/mol.